The Morgan fingerprint density at radius 1 is 1.77 bits per heavy atom. The third-order valence-corrected chi connectivity index (χ3v) is 1.87. The van der Waals surface area contributed by atoms with Gasteiger partial charge in [-0.3, -0.25) is 15.1 Å². The molecule has 0 saturated heterocycles. The fraction of sp³-hybridized carbons (Fsp3) is 0.200. The van der Waals surface area contributed by atoms with Crippen LogP contribution in [-0.4, -0.2) is 27.1 Å². The molecule has 1 rings (SSSR count). The second-order valence-corrected chi connectivity index (χ2v) is 3.17. The van der Waals surface area contributed by atoms with Gasteiger partial charge in [0.25, 0.3) is 0 Å². The lowest BCUT2D eigenvalue weighted by Crippen LogP contribution is -2.38. The van der Waals surface area contributed by atoms with Crippen molar-refractivity contribution in [1.82, 2.24) is 15.0 Å². The van der Waals surface area contributed by atoms with E-state index >= 15 is 0 Å². The number of hydrogen-bond donors (Lipinski definition) is 1. The first-order valence-electron chi connectivity index (χ1n) is 3.12. The second kappa shape index (κ2) is 4.04. The summed E-state index contributed by atoms with van der Waals surface area (Å²) in [5, 5.41) is 3.08. The molecule has 0 spiro atoms. The quantitative estimate of drug-likeness (QED) is 0.433. The van der Waals surface area contributed by atoms with E-state index in [0.717, 1.165) is 9.54 Å². The van der Waals surface area contributed by atoms with Crippen molar-refractivity contribution in [2.75, 3.05) is 7.05 Å². The van der Waals surface area contributed by atoms with Gasteiger partial charge in [0, 0.05) is 13.1 Å². The molecule has 0 saturated carbocycles. The predicted molar refractivity (Wildman–Crippen MR) is 51.2 cm³/mol. The minimum absolute atomic E-state index is 0.147. The number of nitrogens with one attached hydrogen (secondary N) is 1. The fourth-order valence-electron chi connectivity index (χ4n) is 0.644. The normalized spacial score (nSPS) is 15.8. The molecule has 0 unspecified atom stereocenters. The summed E-state index contributed by atoms with van der Waals surface area (Å²) in [7, 11) is 1.47. The van der Waals surface area contributed by atoms with Gasteiger partial charge in [0.15, 0.2) is 5.17 Å². The highest BCUT2D eigenvalue weighted by atomic mass is 35.5. The molecule has 5 nitrogen and oxygen atoms in total. The standard InChI is InChI=1S/C5H5Cl3N4O/c1-11(5(7)13)4-2-3(6)9-12(8)10-4/h2,10H,1H3. The highest BCUT2D eigenvalue weighted by Gasteiger charge is 2.16. The van der Waals surface area contributed by atoms with E-state index in [9.17, 15) is 4.79 Å². The minimum Gasteiger partial charge on any atom is -0.287 e. The summed E-state index contributed by atoms with van der Waals surface area (Å²) >= 11 is 16.3. The van der Waals surface area contributed by atoms with Gasteiger partial charge in [0.05, 0.1) is 11.8 Å². The van der Waals surface area contributed by atoms with Gasteiger partial charge in [0.1, 0.15) is 5.82 Å². The lowest BCUT2D eigenvalue weighted by molar-refractivity contribution is 0.232. The summed E-state index contributed by atoms with van der Waals surface area (Å²) in [5.74, 6) is 0.343. The highest BCUT2D eigenvalue weighted by Crippen LogP contribution is 2.11. The number of rotatable bonds is 1. The molecule has 1 aliphatic heterocycles. The van der Waals surface area contributed by atoms with Crippen molar-refractivity contribution >= 4 is 45.5 Å². The van der Waals surface area contributed by atoms with Crippen LogP contribution in [0.15, 0.2) is 17.0 Å². The van der Waals surface area contributed by atoms with Crippen LogP contribution in [0.5, 0.6) is 0 Å². The Bertz CT molecular complexity index is 290. The fourth-order valence-corrected chi connectivity index (χ4v) is 1.12. The molecule has 1 amide bonds. The van der Waals surface area contributed by atoms with Gasteiger partial charge in [-0.2, -0.15) is 0 Å². The van der Waals surface area contributed by atoms with Crippen molar-refractivity contribution in [1.29, 1.82) is 0 Å². The van der Waals surface area contributed by atoms with Crippen molar-refractivity contribution in [2.24, 2.45) is 5.10 Å². The Labute approximate surface area is 89.6 Å². The van der Waals surface area contributed by atoms with E-state index in [-0.39, 0.29) is 5.17 Å². The molecule has 8 heteroatoms. The lowest BCUT2D eigenvalue weighted by Gasteiger charge is -2.24. The second-order valence-electron chi connectivity index (χ2n) is 2.14. The van der Waals surface area contributed by atoms with Crippen LogP contribution in [0, 0.1) is 0 Å². The van der Waals surface area contributed by atoms with E-state index in [4.69, 9.17) is 35.0 Å². The maximum absolute atomic E-state index is 10.7. The Balaban J connectivity index is 2.82. The number of carbonyl (C=O) groups excluding carboxylic acids is 1. The molecular formula is C5H5Cl3N4O. The summed E-state index contributed by atoms with van der Waals surface area (Å²) in [4.78, 5) is 11.9. The average Bonchev–Trinajstić information content (AvgIpc) is 2.01. The molecule has 0 aromatic heterocycles. The van der Waals surface area contributed by atoms with Crippen molar-refractivity contribution < 1.29 is 4.79 Å². The van der Waals surface area contributed by atoms with Gasteiger partial charge >= 0.3 is 5.37 Å². The van der Waals surface area contributed by atoms with E-state index in [1.54, 1.807) is 0 Å². The number of hydrogen-bond acceptors (Lipinski definition) is 4. The van der Waals surface area contributed by atoms with Gasteiger partial charge in [-0.1, -0.05) is 11.6 Å². The first kappa shape index (κ1) is 10.4. The molecule has 0 fully saturated rings. The van der Waals surface area contributed by atoms with Crippen LogP contribution in [0.25, 0.3) is 0 Å². The number of hydrazine groups is 1. The van der Waals surface area contributed by atoms with Crippen molar-refractivity contribution in [2.45, 2.75) is 0 Å². The SMILES string of the molecule is CN(C(=O)Cl)C1=CC(Cl)=NN(Cl)N1. The van der Waals surface area contributed by atoms with Crippen LogP contribution < -0.4 is 5.43 Å². The van der Waals surface area contributed by atoms with Crippen molar-refractivity contribution in [3.63, 3.8) is 0 Å². The summed E-state index contributed by atoms with van der Waals surface area (Å²) in [5.41, 5.74) is 2.54. The monoisotopic (exact) mass is 242 g/mol. The third-order valence-electron chi connectivity index (χ3n) is 1.27. The first-order valence-corrected chi connectivity index (χ1v) is 4.21. The summed E-state index contributed by atoms with van der Waals surface area (Å²) in [6, 6.07) is 0. The van der Waals surface area contributed by atoms with E-state index in [1.807, 2.05) is 0 Å². The zero-order valence-corrected chi connectivity index (χ0v) is 8.73. The van der Waals surface area contributed by atoms with Crippen LogP contribution in [0.4, 0.5) is 4.79 Å². The molecule has 0 aromatic carbocycles. The molecule has 1 N–H and O–H groups in total. The zero-order valence-electron chi connectivity index (χ0n) is 6.46. The molecule has 72 valence electrons. The minimum atomic E-state index is -0.657. The van der Waals surface area contributed by atoms with Crippen LogP contribution >= 0.6 is 35.0 Å². The maximum Gasteiger partial charge on any atom is 0.321 e. The molecule has 1 aliphatic rings. The summed E-state index contributed by atoms with van der Waals surface area (Å²) in [6.07, 6.45) is 1.42. The third kappa shape index (κ3) is 2.65. The van der Waals surface area contributed by atoms with Gasteiger partial charge in [-0.25, -0.2) is 0 Å². The molecule has 0 radical (unpaired) electrons. The predicted octanol–water partition coefficient (Wildman–Crippen LogP) is 1.64. The van der Waals surface area contributed by atoms with Crippen molar-refractivity contribution in [3.05, 3.63) is 11.9 Å². The number of nitrogens with zero attached hydrogens (tertiary/aromatic N) is 3. The van der Waals surface area contributed by atoms with E-state index in [1.165, 1.54) is 13.1 Å². The zero-order chi connectivity index (χ0) is 10.0. The van der Waals surface area contributed by atoms with Gasteiger partial charge in [-0.15, -0.1) is 9.74 Å². The number of carbonyl (C=O) groups is 1. The Morgan fingerprint density at radius 2 is 2.38 bits per heavy atom. The van der Waals surface area contributed by atoms with Gasteiger partial charge in [-0.05, 0) is 11.6 Å². The molecular weight excluding hydrogens is 238 g/mol. The topological polar surface area (TPSA) is 47.9 Å². The largest absolute Gasteiger partial charge is 0.321 e. The van der Waals surface area contributed by atoms with Gasteiger partial charge < -0.3 is 0 Å². The van der Waals surface area contributed by atoms with E-state index < -0.39 is 5.37 Å². The number of halogens is 3. The lowest BCUT2D eigenvalue weighted by atomic mass is 10.5. The Kier molecular flexibility index (Phi) is 3.24. The maximum atomic E-state index is 10.7. The molecule has 0 bridgehead atoms. The molecule has 0 aromatic rings. The Morgan fingerprint density at radius 3 is 2.85 bits per heavy atom. The van der Waals surface area contributed by atoms with Gasteiger partial charge in [0.2, 0.25) is 0 Å². The van der Waals surface area contributed by atoms with Crippen LogP contribution in [0.2, 0.25) is 0 Å². The summed E-state index contributed by atoms with van der Waals surface area (Å²) in [6.45, 7) is 0. The van der Waals surface area contributed by atoms with E-state index in [2.05, 4.69) is 10.5 Å². The van der Waals surface area contributed by atoms with E-state index in [0.29, 0.717) is 5.82 Å². The number of allylic oxidation sites excluding steroid dienone is 1. The number of hydrazone groups is 1. The highest BCUT2D eigenvalue weighted by molar-refractivity contribution is 6.68. The van der Waals surface area contributed by atoms with Crippen LogP contribution in [-0.2, 0) is 0 Å². The van der Waals surface area contributed by atoms with Crippen LogP contribution in [0.1, 0.15) is 0 Å². The smallest absolute Gasteiger partial charge is 0.287 e. The molecule has 0 atom stereocenters. The Hall–Kier alpha value is -0.650. The molecule has 0 aliphatic carbocycles. The summed E-state index contributed by atoms with van der Waals surface area (Å²) < 4.78 is 0.855. The molecule has 13 heavy (non-hydrogen) atoms. The first-order chi connectivity index (χ1) is 6.00. The number of amides is 1. The van der Waals surface area contributed by atoms with Crippen molar-refractivity contribution in [3.8, 4) is 0 Å². The average molecular weight is 243 g/mol. The molecule has 1 heterocycles. The van der Waals surface area contributed by atoms with Crippen LogP contribution in [0.3, 0.4) is 0 Å².